The molecule has 0 aliphatic carbocycles. The summed E-state index contributed by atoms with van der Waals surface area (Å²) in [4.78, 5) is 37.4. The highest BCUT2D eigenvalue weighted by molar-refractivity contribution is 7.20. The van der Waals surface area contributed by atoms with Crippen LogP contribution in [0.4, 0.5) is 0 Å². The quantitative estimate of drug-likeness (QED) is 0.760. The van der Waals surface area contributed by atoms with Crippen molar-refractivity contribution in [3.05, 3.63) is 61.6 Å². The van der Waals surface area contributed by atoms with E-state index in [0.717, 1.165) is 21.5 Å². The average molecular weight is 359 g/mol. The second-order valence-corrected chi connectivity index (χ2v) is 6.60. The van der Waals surface area contributed by atoms with E-state index in [1.165, 1.54) is 17.7 Å². The monoisotopic (exact) mass is 359 g/mol. The number of hydrogen-bond donors (Lipinski definition) is 1. The molecule has 0 fully saturated rings. The van der Waals surface area contributed by atoms with E-state index in [4.69, 9.17) is 4.74 Å². The molecule has 2 heterocycles. The van der Waals surface area contributed by atoms with Gasteiger partial charge in [-0.3, -0.25) is 18.7 Å². The number of benzene rings is 1. The summed E-state index contributed by atoms with van der Waals surface area (Å²) >= 11 is 1.12. The fourth-order valence-corrected chi connectivity index (χ4v) is 3.55. The number of amides is 1. The molecule has 1 amide bonds. The third-order valence-electron chi connectivity index (χ3n) is 3.94. The van der Waals surface area contributed by atoms with E-state index in [2.05, 4.69) is 5.32 Å². The lowest BCUT2D eigenvalue weighted by molar-refractivity contribution is 0.0955. The van der Waals surface area contributed by atoms with Gasteiger partial charge < -0.3 is 10.1 Å². The van der Waals surface area contributed by atoms with Crippen molar-refractivity contribution in [2.45, 2.75) is 6.54 Å². The number of rotatable bonds is 4. The standard InChI is InChI=1S/C17H17N3O4S/c1-19-15(22)12-8-13(25-16(12)20(2)17(19)23)14(21)18-9-10-5-4-6-11(7-10)24-3/h4-8H,9H2,1-3H3,(H,18,21). The van der Waals surface area contributed by atoms with Crippen LogP contribution >= 0.6 is 11.3 Å². The number of aromatic nitrogens is 2. The van der Waals surface area contributed by atoms with Gasteiger partial charge in [-0.2, -0.15) is 0 Å². The maximum Gasteiger partial charge on any atom is 0.331 e. The molecular weight excluding hydrogens is 342 g/mol. The molecule has 8 heteroatoms. The van der Waals surface area contributed by atoms with Crippen LogP contribution < -0.4 is 21.3 Å². The van der Waals surface area contributed by atoms with E-state index < -0.39 is 11.2 Å². The molecule has 0 aliphatic heterocycles. The maximum atomic E-state index is 12.4. The number of nitrogens with one attached hydrogen (secondary N) is 1. The summed E-state index contributed by atoms with van der Waals surface area (Å²) in [5.74, 6) is 0.422. The molecular formula is C17H17N3O4S. The Hall–Kier alpha value is -2.87. The lowest BCUT2D eigenvalue weighted by Gasteiger charge is -2.05. The largest absolute Gasteiger partial charge is 0.497 e. The van der Waals surface area contributed by atoms with Crippen LogP contribution in [0, 0.1) is 0 Å². The molecule has 0 saturated heterocycles. The van der Waals surface area contributed by atoms with Crippen molar-refractivity contribution in [2.24, 2.45) is 14.1 Å². The molecule has 7 nitrogen and oxygen atoms in total. The number of ether oxygens (including phenoxy) is 1. The molecule has 0 bridgehead atoms. The van der Waals surface area contributed by atoms with Crippen molar-refractivity contribution in [3.8, 4) is 5.75 Å². The number of hydrogen-bond acceptors (Lipinski definition) is 5. The first-order valence-electron chi connectivity index (χ1n) is 7.53. The third kappa shape index (κ3) is 3.08. The van der Waals surface area contributed by atoms with Crippen LogP contribution in [0.5, 0.6) is 5.75 Å². The van der Waals surface area contributed by atoms with Gasteiger partial charge in [-0.05, 0) is 23.8 Å². The Morgan fingerprint density at radius 3 is 2.68 bits per heavy atom. The van der Waals surface area contributed by atoms with Crippen LogP contribution in [-0.2, 0) is 20.6 Å². The van der Waals surface area contributed by atoms with Gasteiger partial charge in [-0.1, -0.05) is 12.1 Å². The Kier molecular flexibility index (Phi) is 4.45. The Morgan fingerprint density at radius 1 is 1.20 bits per heavy atom. The van der Waals surface area contributed by atoms with Gasteiger partial charge in [0.05, 0.1) is 17.4 Å². The highest BCUT2D eigenvalue weighted by atomic mass is 32.1. The van der Waals surface area contributed by atoms with E-state index in [0.29, 0.717) is 27.4 Å². The highest BCUT2D eigenvalue weighted by Crippen LogP contribution is 2.21. The SMILES string of the molecule is COc1cccc(CNC(=O)c2cc3c(=O)n(C)c(=O)n(C)c3s2)c1. The normalized spacial score (nSPS) is 10.8. The summed E-state index contributed by atoms with van der Waals surface area (Å²) < 4.78 is 7.56. The Labute approximate surface area is 147 Å². The first-order chi connectivity index (χ1) is 11.9. The summed E-state index contributed by atoms with van der Waals surface area (Å²) in [5, 5.41) is 3.18. The van der Waals surface area contributed by atoms with Gasteiger partial charge in [0, 0.05) is 20.6 Å². The van der Waals surface area contributed by atoms with E-state index >= 15 is 0 Å². The van der Waals surface area contributed by atoms with Gasteiger partial charge in [0.15, 0.2) is 0 Å². The molecule has 0 spiro atoms. The van der Waals surface area contributed by atoms with Gasteiger partial charge in [-0.15, -0.1) is 11.3 Å². The molecule has 25 heavy (non-hydrogen) atoms. The van der Waals surface area contributed by atoms with Gasteiger partial charge in [-0.25, -0.2) is 4.79 Å². The number of carbonyl (C=O) groups excluding carboxylic acids is 1. The smallest absolute Gasteiger partial charge is 0.331 e. The Balaban J connectivity index is 1.88. The summed E-state index contributed by atoms with van der Waals surface area (Å²) in [5.41, 5.74) is 0.0843. The van der Waals surface area contributed by atoms with E-state index in [9.17, 15) is 14.4 Å². The number of carbonyl (C=O) groups is 1. The molecule has 0 radical (unpaired) electrons. The average Bonchev–Trinajstić information content (AvgIpc) is 3.08. The van der Waals surface area contributed by atoms with E-state index in [1.807, 2.05) is 24.3 Å². The van der Waals surface area contributed by atoms with Gasteiger partial charge in [0.25, 0.3) is 11.5 Å². The first-order valence-corrected chi connectivity index (χ1v) is 8.34. The predicted octanol–water partition coefficient (Wildman–Crippen LogP) is 1.24. The first kappa shape index (κ1) is 17.0. The van der Waals surface area contributed by atoms with Crippen LogP contribution in [0.25, 0.3) is 10.2 Å². The minimum atomic E-state index is -0.414. The van der Waals surface area contributed by atoms with E-state index in [-0.39, 0.29) is 5.91 Å². The number of nitrogens with zero attached hydrogens (tertiary/aromatic N) is 2. The van der Waals surface area contributed by atoms with Crippen molar-refractivity contribution in [2.75, 3.05) is 7.11 Å². The zero-order valence-corrected chi connectivity index (χ0v) is 14.8. The molecule has 3 aromatic rings. The van der Waals surface area contributed by atoms with Gasteiger partial charge in [0.1, 0.15) is 10.6 Å². The lowest BCUT2D eigenvalue weighted by atomic mass is 10.2. The topological polar surface area (TPSA) is 82.3 Å². The zero-order valence-electron chi connectivity index (χ0n) is 14.0. The minimum absolute atomic E-state index is 0.293. The predicted molar refractivity (Wildman–Crippen MR) is 96.5 cm³/mol. The fraction of sp³-hybridized carbons (Fsp3) is 0.235. The van der Waals surface area contributed by atoms with Crippen molar-refractivity contribution in [3.63, 3.8) is 0 Å². The van der Waals surface area contributed by atoms with Gasteiger partial charge >= 0.3 is 5.69 Å². The lowest BCUT2D eigenvalue weighted by Crippen LogP contribution is -2.36. The summed E-state index contributed by atoms with van der Waals surface area (Å²) in [6, 6.07) is 8.92. The van der Waals surface area contributed by atoms with Crippen molar-refractivity contribution in [1.29, 1.82) is 0 Å². The molecule has 0 unspecified atom stereocenters. The van der Waals surface area contributed by atoms with Crippen LogP contribution in [0.1, 0.15) is 15.2 Å². The Bertz CT molecular complexity index is 1080. The maximum absolute atomic E-state index is 12.4. The van der Waals surface area contributed by atoms with Crippen LogP contribution in [0.15, 0.2) is 39.9 Å². The van der Waals surface area contributed by atoms with Crippen LogP contribution in [0.2, 0.25) is 0 Å². The second-order valence-electron chi connectivity index (χ2n) is 5.57. The van der Waals surface area contributed by atoms with Crippen molar-refractivity contribution >= 4 is 27.5 Å². The number of methoxy groups -OCH3 is 1. The second kappa shape index (κ2) is 6.56. The summed E-state index contributed by atoms with van der Waals surface area (Å²) in [6.07, 6.45) is 0. The van der Waals surface area contributed by atoms with E-state index in [1.54, 1.807) is 14.2 Å². The molecule has 130 valence electrons. The molecule has 0 atom stereocenters. The van der Waals surface area contributed by atoms with Crippen molar-refractivity contribution < 1.29 is 9.53 Å². The van der Waals surface area contributed by atoms with Crippen LogP contribution in [-0.4, -0.2) is 22.2 Å². The molecule has 1 aromatic carbocycles. The molecule has 0 aliphatic rings. The molecule has 2 aromatic heterocycles. The molecule has 3 rings (SSSR count). The third-order valence-corrected chi connectivity index (χ3v) is 5.15. The summed E-state index contributed by atoms with van der Waals surface area (Å²) in [7, 11) is 4.59. The zero-order chi connectivity index (χ0) is 18.1. The highest BCUT2D eigenvalue weighted by Gasteiger charge is 2.16. The Morgan fingerprint density at radius 2 is 1.96 bits per heavy atom. The van der Waals surface area contributed by atoms with Crippen molar-refractivity contribution in [1.82, 2.24) is 14.5 Å². The number of aryl methyl sites for hydroxylation is 1. The molecule has 0 saturated carbocycles. The van der Waals surface area contributed by atoms with Gasteiger partial charge in [0.2, 0.25) is 0 Å². The fourth-order valence-electron chi connectivity index (χ4n) is 2.53. The molecule has 1 N–H and O–H groups in total. The number of fused-ring (bicyclic) bond motifs is 1. The minimum Gasteiger partial charge on any atom is -0.497 e. The van der Waals surface area contributed by atoms with Crippen LogP contribution in [0.3, 0.4) is 0 Å². The number of thiophene rings is 1. The summed E-state index contributed by atoms with van der Waals surface area (Å²) in [6.45, 7) is 0.335.